The summed E-state index contributed by atoms with van der Waals surface area (Å²) in [5.41, 5.74) is 21.0. The fourth-order valence-electron chi connectivity index (χ4n) is 9.38. The molecule has 0 atom stereocenters. The topological polar surface area (TPSA) is 4.93 Å². The summed E-state index contributed by atoms with van der Waals surface area (Å²) in [5.74, 6) is 0. The van der Waals surface area contributed by atoms with Crippen molar-refractivity contribution in [2.45, 2.75) is 19.3 Å². The first-order valence-corrected chi connectivity index (χ1v) is 20.2. The molecule has 10 aromatic rings. The molecular formula is C57H41N. The minimum atomic E-state index is -0.189. The van der Waals surface area contributed by atoms with Gasteiger partial charge in [-0.05, 0) is 139 Å². The lowest BCUT2D eigenvalue weighted by molar-refractivity contribution is 0.661. The molecule has 0 fully saturated rings. The van der Waals surface area contributed by atoms with E-state index in [2.05, 4.69) is 231 Å². The highest BCUT2D eigenvalue weighted by Gasteiger charge is 2.37. The van der Waals surface area contributed by atoms with Gasteiger partial charge in [-0.1, -0.05) is 166 Å². The molecule has 9 aromatic carbocycles. The summed E-state index contributed by atoms with van der Waals surface area (Å²) in [4.78, 5) is 0. The molecule has 0 amide bonds. The highest BCUT2D eigenvalue weighted by Crippen LogP contribution is 2.52. The zero-order valence-corrected chi connectivity index (χ0v) is 32.7. The maximum Gasteiger partial charge on any atom is 0.0547 e. The van der Waals surface area contributed by atoms with Crippen LogP contribution in [-0.2, 0) is 5.41 Å². The Hall–Kier alpha value is -7.22. The number of fused-ring (bicyclic) bond motifs is 6. The summed E-state index contributed by atoms with van der Waals surface area (Å²) >= 11 is 0. The van der Waals surface area contributed by atoms with Gasteiger partial charge in [0.05, 0.1) is 11.0 Å². The molecule has 274 valence electrons. The summed E-state index contributed by atoms with van der Waals surface area (Å²) in [6.07, 6.45) is 0. The van der Waals surface area contributed by atoms with Gasteiger partial charge in [-0.2, -0.15) is 0 Å². The van der Waals surface area contributed by atoms with Gasteiger partial charge in [0.25, 0.3) is 0 Å². The molecule has 1 nitrogen and oxygen atoms in total. The van der Waals surface area contributed by atoms with Crippen LogP contribution in [0.4, 0.5) is 0 Å². The van der Waals surface area contributed by atoms with E-state index in [9.17, 15) is 0 Å². The fraction of sp³-hybridized carbons (Fsp3) is 0.0526. The molecule has 0 saturated carbocycles. The quantitative estimate of drug-likeness (QED) is 0.160. The number of benzene rings is 9. The van der Waals surface area contributed by atoms with Crippen LogP contribution in [0.15, 0.2) is 212 Å². The second-order valence-electron chi connectivity index (χ2n) is 16.2. The van der Waals surface area contributed by atoms with E-state index in [1.54, 1.807) is 0 Å². The van der Waals surface area contributed by atoms with Crippen molar-refractivity contribution >= 4 is 21.8 Å². The van der Waals surface area contributed by atoms with E-state index in [0.29, 0.717) is 0 Å². The Labute approximate surface area is 340 Å². The van der Waals surface area contributed by atoms with Crippen LogP contribution in [0, 0.1) is 0 Å². The van der Waals surface area contributed by atoms with Gasteiger partial charge < -0.3 is 4.57 Å². The average Bonchev–Trinajstić information content (AvgIpc) is 3.73. The zero-order chi connectivity index (χ0) is 38.8. The monoisotopic (exact) mass is 739 g/mol. The molecule has 1 heteroatoms. The Balaban J connectivity index is 1.10. The Morgan fingerprint density at radius 1 is 0.293 bits per heavy atom. The third-order valence-corrected chi connectivity index (χ3v) is 12.3. The lowest BCUT2D eigenvalue weighted by atomic mass is 9.81. The summed E-state index contributed by atoms with van der Waals surface area (Å²) in [6, 6.07) is 78.1. The van der Waals surface area contributed by atoms with Gasteiger partial charge in [-0.3, -0.25) is 0 Å². The van der Waals surface area contributed by atoms with Crippen molar-refractivity contribution in [1.82, 2.24) is 4.57 Å². The predicted octanol–water partition coefficient (Wildman–Crippen LogP) is 15.4. The highest BCUT2D eigenvalue weighted by atomic mass is 15.0. The Kier molecular flexibility index (Phi) is 7.91. The molecule has 11 rings (SSSR count). The molecule has 0 spiro atoms. The Morgan fingerprint density at radius 2 is 0.724 bits per heavy atom. The van der Waals surface area contributed by atoms with Crippen molar-refractivity contribution in [2.75, 3.05) is 0 Å². The smallest absolute Gasteiger partial charge is 0.0547 e. The first kappa shape index (κ1) is 34.1. The first-order chi connectivity index (χ1) is 28.5. The van der Waals surface area contributed by atoms with Crippen molar-refractivity contribution in [3.05, 3.63) is 223 Å². The van der Waals surface area contributed by atoms with Crippen LogP contribution in [0.2, 0.25) is 0 Å². The van der Waals surface area contributed by atoms with Crippen LogP contribution in [0.25, 0.3) is 94.3 Å². The predicted molar refractivity (Wildman–Crippen MR) is 246 cm³/mol. The maximum atomic E-state index is 2.49. The third-order valence-electron chi connectivity index (χ3n) is 12.3. The zero-order valence-electron chi connectivity index (χ0n) is 32.7. The van der Waals surface area contributed by atoms with Crippen LogP contribution in [0.5, 0.6) is 0 Å². The van der Waals surface area contributed by atoms with Crippen LogP contribution >= 0.6 is 0 Å². The van der Waals surface area contributed by atoms with Crippen LogP contribution in [0.1, 0.15) is 25.0 Å². The molecule has 58 heavy (non-hydrogen) atoms. The lowest BCUT2D eigenvalue weighted by Crippen LogP contribution is -2.15. The van der Waals surface area contributed by atoms with Crippen molar-refractivity contribution in [3.63, 3.8) is 0 Å². The van der Waals surface area contributed by atoms with Gasteiger partial charge in [0, 0.05) is 21.9 Å². The minimum absolute atomic E-state index is 0.189. The Bertz CT molecular complexity index is 3040. The number of para-hydroxylation sites is 1. The van der Waals surface area contributed by atoms with E-state index in [4.69, 9.17) is 0 Å². The van der Waals surface area contributed by atoms with Crippen LogP contribution < -0.4 is 0 Å². The van der Waals surface area contributed by atoms with E-state index in [-0.39, 0.29) is 5.41 Å². The molecule has 1 aliphatic carbocycles. The van der Waals surface area contributed by atoms with Gasteiger partial charge in [0.1, 0.15) is 0 Å². The SMILES string of the molecule is CC1(C)c2cc(-c3cc(-c4ccccc4)cc(-c4ccccc4)c3)ccc2-c2cc3c(cc21)c1ccccc1n3-c1cc(-c2ccccc2)cc(-c2ccccc2)c1. The minimum Gasteiger partial charge on any atom is -0.309 e. The largest absolute Gasteiger partial charge is 0.309 e. The van der Waals surface area contributed by atoms with E-state index in [0.717, 1.165) is 5.69 Å². The number of aromatic nitrogens is 1. The van der Waals surface area contributed by atoms with Crippen LogP contribution in [0.3, 0.4) is 0 Å². The van der Waals surface area contributed by atoms with Crippen molar-refractivity contribution in [1.29, 1.82) is 0 Å². The average molecular weight is 740 g/mol. The second kappa shape index (κ2) is 13.5. The van der Waals surface area contributed by atoms with Crippen molar-refractivity contribution in [3.8, 4) is 72.4 Å². The Morgan fingerprint density at radius 3 is 1.24 bits per heavy atom. The van der Waals surface area contributed by atoms with Gasteiger partial charge in [-0.25, -0.2) is 0 Å². The maximum absolute atomic E-state index is 2.49. The van der Waals surface area contributed by atoms with E-state index < -0.39 is 0 Å². The fourth-order valence-corrected chi connectivity index (χ4v) is 9.38. The number of nitrogens with zero attached hydrogens (tertiary/aromatic N) is 1. The molecule has 0 bridgehead atoms. The lowest BCUT2D eigenvalue weighted by Gasteiger charge is -2.22. The normalized spacial score (nSPS) is 12.8. The van der Waals surface area contributed by atoms with Gasteiger partial charge in [-0.15, -0.1) is 0 Å². The standard InChI is InChI=1S/C57H41N/c1-57(2)53-35-42(45-30-43(38-17-7-3-8-18-38)29-44(31-45)39-19-9-4-10-20-39)27-28-49(53)51-37-56-52(36-54(51)57)50-25-15-16-26-55(50)58(56)48-33-46(40-21-11-5-12-22-40)32-47(34-48)41-23-13-6-14-24-41/h3-37H,1-2H3. The van der Waals surface area contributed by atoms with E-state index in [1.165, 1.54) is 99.7 Å². The first-order valence-electron chi connectivity index (χ1n) is 20.2. The molecule has 0 saturated heterocycles. The molecule has 1 aromatic heterocycles. The third kappa shape index (κ3) is 5.62. The molecule has 1 aliphatic rings. The summed E-state index contributed by atoms with van der Waals surface area (Å²) in [7, 11) is 0. The van der Waals surface area contributed by atoms with Crippen LogP contribution in [-0.4, -0.2) is 4.57 Å². The molecule has 0 aliphatic heterocycles. The highest BCUT2D eigenvalue weighted by molar-refractivity contribution is 6.11. The molecule has 0 radical (unpaired) electrons. The molecule has 0 N–H and O–H groups in total. The molecular weight excluding hydrogens is 699 g/mol. The van der Waals surface area contributed by atoms with Crippen molar-refractivity contribution in [2.24, 2.45) is 0 Å². The second-order valence-corrected chi connectivity index (χ2v) is 16.2. The number of hydrogen-bond acceptors (Lipinski definition) is 0. The van der Waals surface area contributed by atoms with E-state index in [1.807, 2.05) is 0 Å². The number of rotatable bonds is 6. The van der Waals surface area contributed by atoms with Crippen molar-refractivity contribution < 1.29 is 0 Å². The number of hydrogen-bond donors (Lipinski definition) is 0. The molecule has 1 heterocycles. The summed E-state index contributed by atoms with van der Waals surface area (Å²) in [6.45, 7) is 4.80. The van der Waals surface area contributed by atoms with Gasteiger partial charge in [0.15, 0.2) is 0 Å². The molecule has 0 unspecified atom stereocenters. The van der Waals surface area contributed by atoms with E-state index >= 15 is 0 Å². The summed E-state index contributed by atoms with van der Waals surface area (Å²) in [5, 5.41) is 2.55. The summed E-state index contributed by atoms with van der Waals surface area (Å²) < 4.78 is 2.49. The van der Waals surface area contributed by atoms with Gasteiger partial charge in [0.2, 0.25) is 0 Å². The van der Waals surface area contributed by atoms with Gasteiger partial charge >= 0.3 is 0 Å².